The molecule has 2 nitrogen and oxygen atoms in total. The van der Waals surface area contributed by atoms with Crippen molar-refractivity contribution in [2.24, 2.45) is 0 Å². The van der Waals surface area contributed by atoms with Crippen LogP contribution < -0.4 is 0 Å². The van der Waals surface area contributed by atoms with Crippen LogP contribution in [0.3, 0.4) is 0 Å². The number of carbonyl (C=O) groups is 1. The lowest BCUT2D eigenvalue weighted by Gasteiger charge is -1.64. The van der Waals surface area contributed by atoms with Gasteiger partial charge in [0.15, 0.2) is 0 Å². The summed E-state index contributed by atoms with van der Waals surface area (Å²) in [7, 11) is 0.500. The van der Waals surface area contributed by atoms with Crippen LogP contribution >= 0.6 is 0 Å². The monoisotopic (exact) mass is 106 g/mol. The van der Waals surface area contributed by atoms with Crippen molar-refractivity contribution >= 4 is 5.97 Å². The first kappa shape index (κ1) is 9.46. The maximum atomic E-state index is 9.50. The highest BCUT2D eigenvalue weighted by atomic mass is 19.1. The van der Waals surface area contributed by atoms with Crippen molar-refractivity contribution in [3.05, 3.63) is 12.7 Å². The smallest absolute Gasteiger partial charge is 0.327 e. The molecule has 0 spiro atoms. The second-order valence-corrected chi connectivity index (χ2v) is 0.542. The van der Waals surface area contributed by atoms with Crippen molar-refractivity contribution in [3.8, 4) is 0 Å². The zero-order valence-electron chi connectivity index (χ0n) is 4.02. The molecule has 0 aromatic rings. The van der Waals surface area contributed by atoms with Crippen molar-refractivity contribution in [3.63, 3.8) is 0 Å². The van der Waals surface area contributed by atoms with E-state index in [0.29, 0.717) is 7.18 Å². The van der Waals surface area contributed by atoms with Gasteiger partial charge in [-0.15, -0.1) is 0 Å². The Bertz CT molecular complexity index is 60.7. The van der Waals surface area contributed by atoms with Gasteiger partial charge in [0.25, 0.3) is 0 Å². The number of halogens is 1. The molecule has 0 saturated carbocycles. The van der Waals surface area contributed by atoms with E-state index in [4.69, 9.17) is 5.11 Å². The van der Waals surface area contributed by atoms with Gasteiger partial charge < -0.3 is 5.11 Å². The van der Waals surface area contributed by atoms with Crippen molar-refractivity contribution in [2.45, 2.75) is 0 Å². The molecular weight excluding hydrogens is 99.0 g/mol. The Hall–Kier alpha value is -0.860. The highest BCUT2D eigenvalue weighted by Gasteiger charge is 1.73. The summed E-state index contributed by atoms with van der Waals surface area (Å²) in [5.41, 5.74) is 0. The molecule has 42 valence electrons. The molecule has 7 heavy (non-hydrogen) atoms. The highest BCUT2D eigenvalue weighted by Crippen LogP contribution is 1.54. The third-order valence-electron chi connectivity index (χ3n) is 0.175. The zero-order valence-corrected chi connectivity index (χ0v) is 4.02. The molecule has 0 radical (unpaired) electrons. The third kappa shape index (κ3) is 39.0. The molecule has 0 rings (SSSR count). The van der Waals surface area contributed by atoms with Crippen LogP contribution in [0.1, 0.15) is 0 Å². The molecule has 0 saturated heterocycles. The average molecular weight is 106 g/mol. The molecular formula is C4H7FO2. The van der Waals surface area contributed by atoms with E-state index in [1.165, 1.54) is 0 Å². The largest absolute Gasteiger partial charge is 0.478 e. The highest BCUT2D eigenvalue weighted by molar-refractivity contribution is 5.78. The van der Waals surface area contributed by atoms with Crippen LogP contribution in [0.2, 0.25) is 0 Å². The van der Waals surface area contributed by atoms with Gasteiger partial charge in [0.1, 0.15) is 0 Å². The van der Waals surface area contributed by atoms with Gasteiger partial charge in [-0.05, 0) is 0 Å². The zero-order chi connectivity index (χ0) is 6.28. The predicted octanol–water partition coefficient (Wildman–Crippen LogP) is 0.843. The van der Waals surface area contributed by atoms with Crippen LogP contribution in [0.25, 0.3) is 0 Å². The first-order valence-corrected chi connectivity index (χ1v) is 1.50. The summed E-state index contributed by atoms with van der Waals surface area (Å²) < 4.78 is 9.50. The first-order valence-electron chi connectivity index (χ1n) is 1.50. The normalized spacial score (nSPS) is 5.43. The van der Waals surface area contributed by atoms with E-state index in [-0.39, 0.29) is 0 Å². The van der Waals surface area contributed by atoms with Gasteiger partial charge in [-0.2, -0.15) is 0 Å². The average Bonchev–Trinajstić information content (AvgIpc) is 1.73. The number of hydrogen-bond donors (Lipinski definition) is 1. The predicted molar refractivity (Wildman–Crippen MR) is 24.9 cm³/mol. The molecule has 0 fully saturated rings. The minimum Gasteiger partial charge on any atom is -0.478 e. The number of rotatable bonds is 1. The fourth-order valence-corrected chi connectivity index (χ4v) is 0. The summed E-state index contributed by atoms with van der Waals surface area (Å²) in [5.74, 6) is -0.981. The quantitative estimate of drug-likeness (QED) is 0.503. The molecule has 0 unspecified atom stereocenters. The lowest BCUT2D eigenvalue weighted by Crippen LogP contribution is -1.82. The van der Waals surface area contributed by atoms with Gasteiger partial charge >= 0.3 is 5.97 Å². The van der Waals surface area contributed by atoms with Crippen molar-refractivity contribution in [1.29, 1.82) is 0 Å². The third-order valence-corrected chi connectivity index (χ3v) is 0.175. The minimum atomic E-state index is -0.981. The van der Waals surface area contributed by atoms with E-state index < -0.39 is 5.97 Å². The van der Waals surface area contributed by atoms with Gasteiger partial charge in [-0.3, -0.25) is 4.39 Å². The standard InChI is InChI=1S/C3H4O2.CH3F/c1-2-3(4)5;1-2/h2H,1H2,(H,4,5);1H3. The van der Waals surface area contributed by atoms with Crippen LogP contribution in [0.5, 0.6) is 0 Å². The maximum Gasteiger partial charge on any atom is 0.327 e. The SMILES string of the molecule is C=CC(=O)O.CF. The molecule has 0 aliphatic heterocycles. The molecule has 1 N–H and O–H groups in total. The second kappa shape index (κ2) is 8.94. The Morgan fingerprint density at radius 3 is 2.00 bits per heavy atom. The Morgan fingerprint density at radius 2 is 2.00 bits per heavy atom. The molecule has 0 aromatic carbocycles. The van der Waals surface area contributed by atoms with E-state index >= 15 is 0 Å². The molecule has 0 amide bonds. The Labute approximate surface area is 41.3 Å². The van der Waals surface area contributed by atoms with Crippen LogP contribution in [0.15, 0.2) is 12.7 Å². The van der Waals surface area contributed by atoms with Gasteiger partial charge in [0, 0.05) is 6.08 Å². The Morgan fingerprint density at radius 1 is 1.86 bits per heavy atom. The van der Waals surface area contributed by atoms with Crippen molar-refractivity contribution < 1.29 is 14.3 Å². The molecule has 0 aliphatic carbocycles. The van der Waals surface area contributed by atoms with E-state index in [9.17, 15) is 9.18 Å². The van der Waals surface area contributed by atoms with Crippen LogP contribution in [-0.4, -0.2) is 18.3 Å². The first-order chi connectivity index (χ1) is 3.27. The molecule has 0 bridgehead atoms. The summed E-state index contributed by atoms with van der Waals surface area (Å²) >= 11 is 0. The molecule has 3 heteroatoms. The summed E-state index contributed by atoms with van der Waals surface area (Å²) in [6.07, 6.45) is 0.833. The fraction of sp³-hybridized carbons (Fsp3) is 0.250. The number of aliphatic carboxylic acids is 1. The number of carboxylic acids is 1. The summed E-state index contributed by atoms with van der Waals surface area (Å²) in [4.78, 5) is 9.25. The van der Waals surface area contributed by atoms with Crippen LogP contribution in [0, 0.1) is 0 Å². The summed E-state index contributed by atoms with van der Waals surface area (Å²) in [6, 6.07) is 0. The topological polar surface area (TPSA) is 37.3 Å². The van der Waals surface area contributed by atoms with Gasteiger partial charge in [0.05, 0.1) is 7.18 Å². The van der Waals surface area contributed by atoms with Gasteiger partial charge in [-0.25, -0.2) is 4.79 Å². The Balaban J connectivity index is 0. The molecule has 0 atom stereocenters. The van der Waals surface area contributed by atoms with Crippen LogP contribution in [0.4, 0.5) is 4.39 Å². The lowest BCUT2D eigenvalue weighted by molar-refractivity contribution is -0.131. The second-order valence-electron chi connectivity index (χ2n) is 0.542. The van der Waals surface area contributed by atoms with E-state index in [0.717, 1.165) is 6.08 Å². The van der Waals surface area contributed by atoms with E-state index in [1.807, 2.05) is 0 Å². The van der Waals surface area contributed by atoms with E-state index in [2.05, 4.69) is 6.58 Å². The number of alkyl halides is 1. The fourth-order valence-electron chi connectivity index (χ4n) is 0. The maximum absolute atomic E-state index is 9.50. The summed E-state index contributed by atoms with van der Waals surface area (Å²) in [5, 5.41) is 7.60. The number of hydrogen-bond acceptors (Lipinski definition) is 1. The van der Waals surface area contributed by atoms with Crippen molar-refractivity contribution in [2.75, 3.05) is 7.18 Å². The molecule has 0 heterocycles. The van der Waals surface area contributed by atoms with Crippen molar-refractivity contribution in [1.82, 2.24) is 0 Å². The Kier molecular flexibility index (Phi) is 12.1. The van der Waals surface area contributed by atoms with Gasteiger partial charge in [-0.1, -0.05) is 6.58 Å². The van der Waals surface area contributed by atoms with Crippen LogP contribution in [-0.2, 0) is 4.79 Å². The van der Waals surface area contributed by atoms with Gasteiger partial charge in [0.2, 0.25) is 0 Å². The summed E-state index contributed by atoms with van der Waals surface area (Å²) in [6.45, 7) is 2.96. The molecule has 0 aromatic heterocycles. The lowest BCUT2D eigenvalue weighted by atomic mass is 10.7. The van der Waals surface area contributed by atoms with E-state index in [1.54, 1.807) is 0 Å². The number of carboxylic acid groups (broad SMARTS) is 1. The molecule has 0 aliphatic rings. The minimum absolute atomic E-state index is 0.500.